The Kier molecular flexibility index (Phi) is 2.83. The van der Waals surface area contributed by atoms with E-state index >= 15 is 0 Å². The van der Waals surface area contributed by atoms with E-state index in [0.29, 0.717) is 6.61 Å². The number of piperidine rings is 1. The monoisotopic (exact) mass is 203 g/mol. The summed E-state index contributed by atoms with van der Waals surface area (Å²) in [6.07, 6.45) is 3.79. The smallest absolute Gasteiger partial charge is 0.0775 e. The fraction of sp³-hybridized carbons (Fsp3) is 1.00. The summed E-state index contributed by atoms with van der Waals surface area (Å²) in [5, 5.41) is 9.32. The van der Waals surface area contributed by atoms with E-state index in [1.807, 2.05) is 4.31 Å². The highest BCUT2D eigenvalue weighted by molar-refractivity contribution is 7.77. The second-order valence-corrected chi connectivity index (χ2v) is 4.71. The van der Waals surface area contributed by atoms with Gasteiger partial charge in [0.2, 0.25) is 0 Å². The van der Waals surface area contributed by atoms with Gasteiger partial charge in [-0.1, -0.05) is 12.8 Å². The van der Waals surface area contributed by atoms with Gasteiger partial charge in [-0.3, -0.25) is 4.31 Å². The van der Waals surface area contributed by atoms with Crippen molar-refractivity contribution >= 4 is 12.8 Å². The molecule has 1 atom stereocenters. The lowest BCUT2D eigenvalue weighted by Gasteiger charge is -2.43. The number of aliphatic hydroxyl groups excluding tert-OH is 1. The highest BCUT2D eigenvalue weighted by atomic mass is 32.1. The average molecular weight is 203 g/mol. The fourth-order valence-electron chi connectivity index (χ4n) is 2.15. The molecule has 0 saturated carbocycles. The Morgan fingerprint density at radius 2 is 2.00 bits per heavy atom. The second kappa shape index (κ2) is 3.77. The first-order valence-electron chi connectivity index (χ1n) is 4.96. The van der Waals surface area contributed by atoms with Gasteiger partial charge in [-0.2, -0.15) is 0 Å². The third-order valence-corrected chi connectivity index (χ3v) is 3.57. The molecule has 76 valence electrons. The predicted molar refractivity (Wildman–Crippen MR) is 53.7 cm³/mol. The third-order valence-electron chi connectivity index (χ3n) is 3.17. The zero-order chi connectivity index (χ0) is 9.31. The molecule has 0 aliphatic carbocycles. The van der Waals surface area contributed by atoms with Gasteiger partial charge in [-0.05, 0) is 25.7 Å². The van der Waals surface area contributed by atoms with Crippen LogP contribution >= 0.6 is 12.8 Å². The van der Waals surface area contributed by atoms with Crippen LogP contribution in [0.25, 0.3) is 0 Å². The molecule has 2 aliphatic rings. The van der Waals surface area contributed by atoms with Crippen LogP contribution in [0.3, 0.4) is 0 Å². The molecule has 1 unspecified atom stereocenters. The van der Waals surface area contributed by atoms with Crippen LogP contribution in [-0.4, -0.2) is 40.8 Å². The van der Waals surface area contributed by atoms with E-state index in [2.05, 4.69) is 12.8 Å². The fourth-order valence-corrected chi connectivity index (χ4v) is 2.35. The van der Waals surface area contributed by atoms with Gasteiger partial charge in [0.05, 0.1) is 18.3 Å². The van der Waals surface area contributed by atoms with Gasteiger partial charge in [0.25, 0.3) is 0 Å². The van der Waals surface area contributed by atoms with E-state index in [1.165, 1.54) is 0 Å². The summed E-state index contributed by atoms with van der Waals surface area (Å²) in [7, 11) is 0. The summed E-state index contributed by atoms with van der Waals surface area (Å²) < 4.78 is 7.80. The Labute approximate surface area is 84.6 Å². The van der Waals surface area contributed by atoms with Crippen LogP contribution in [0.4, 0.5) is 0 Å². The van der Waals surface area contributed by atoms with Gasteiger partial charge >= 0.3 is 0 Å². The standard InChI is InChI=1S/C9H17NO2S/c11-8-1-2-9(12-7-8)3-5-10(13)6-4-9/h8,11,13H,1-7H2. The number of rotatable bonds is 0. The Hall–Kier alpha value is 0.230. The first kappa shape index (κ1) is 9.77. The van der Waals surface area contributed by atoms with E-state index in [0.717, 1.165) is 38.8 Å². The summed E-state index contributed by atoms with van der Waals surface area (Å²) in [6.45, 7) is 2.52. The normalized spacial score (nSPS) is 35.1. The quantitative estimate of drug-likeness (QED) is 0.572. The molecule has 2 aliphatic heterocycles. The maximum absolute atomic E-state index is 9.32. The van der Waals surface area contributed by atoms with Crippen LogP contribution < -0.4 is 0 Å². The van der Waals surface area contributed by atoms with Crippen molar-refractivity contribution in [1.82, 2.24) is 4.31 Å². The van der Waals surface area contributed by atoms with Crippen molar-refractivity contribution in [1.29, 1.82) is 0 Å². The molecule has 2 fully saturated rings. The van der Waals surface area contributed by atoms with Crippen molar-refractivity contribution in [2.75, 3.05) is 19.7 Å². The largest absolute Gasteiger partial charge is 0.391 e. The molecule has 0 radical (unpaired) electrons. The van der Waals surface area contributed by atoms with Crippen molar-refractivity contribution in [3.63, 3.8) is 0 Å². The Morgan fingerprint density at radius 1 is 1.31 bits per heavy atom. The minimum absolute atomic E-state index is 0.0679. The molecule has 0 aromatic rings. The zero-order valence-electron chi connectivity index (χ0n) is 7.78. The number of hydrogen-bond acceptors (Lipinski definition) is 4. The molecule has 0 bridgehead atoms. The van der Waals surface area contributed by atoms with Crippen molar-refractivity contribution in [3.8, 4) is 0 Å². The third kappa shape index (κ3) is 2.18. The molecule has 4 heteroatoms. The average Bonchev–Trinajstić information content (AvgIpc) is 2.16. The van der Waals surface area contributed by atoms with Gasteiger partial charge in [0.15, 0.2) is 0 Å². The topological polar surface area (TPSA) is 32.7 Å². The summed E-state index contributed by atoms with van der Waals surface area (Å²) in [5.74, 6) is 0. The molecule has 2 rings (SSSR count). The SMILES string of the molecule is OC1CCC2(CCN(S)CC2)OC1. The van der Waals surface area contributed by atoms with E-state index in [4.69, 9.17) is 4.74 Å². The number of nitrogens with zero attached hydrogens (tertiary/aromatic N) is 1. The Morgan fingerprint density at radius 3 is 2.54 bits per heavy atom. The van der Waals surface area contributed by atoms with Crippen LogP contribution in [0.15, 0.2) is 0 Å². The molecular weight excluding hydrogens is 186 g/mol. The minimum Gasteiger partial charge on any atom is -0.391 e. The molecule has 13 heavy (non-hydrogen) atoms. The second-order valence-electron chi connectivity index (χ2n) is 4.14. The van der Waals surface area contributed by atoms with Gasteiger partial charge in [0.1, 0.15) is 0 Å². The summed E-state index contributed by atoms with van der Waals surface area (Å²) >= 11 is 4.31. The zero-order valence-corrected chi connectivity index (χ0v) is 8.67. The predicted octanol–water partition coefficient (Wildman–Crippen LogP) is 0.837. The first-order chi connectivity index (χ1) is 6.20. The highest BCUT2D eigenvalue weighted by Gasteiger charge is 2.38. The lowest BCUT2D eigenvalue weighted by Crippen LogP contribution is -2.47. The maximum atomic E-state index is 9.32. The van der Waals surface area contributed by atoms with Crippen molar-refractivity contribution in [3.05, 3.63) is 0 Å². The van der Waals surface area contributed by atoms with Crippen molar-refractivity contribution in [2.24, 2.45) is 0 Å². The van der Waals surface area contributed by atoms with Gasteiger partial charge < -0.3 is 9.84 Å². The van der Waals surface area contributed by atoms with E-state index in [9.17, 15) is 5.11 Å². The van der Waals surface area contributed by atoms with E-state index in [-0.39, 0.29) is 11.7 Å². The van der Waals surface area contributed by atoms with Gasteiger partial charge in [-0.25, -0.2) is 0 Å². The summed E-state index contributed by atoms with van der Waals surface area (Å²) in [6, 6.07) is 0. The number of hydrogen-bond donors (Lipinski definition) is 2. The molecular formula is C9H17NO2S. The Balaban J connectivity index is 1.90. The number of thiol groups is 1. The molecule has 0 amide bonds. The number of ether oxygens (including phenoxy) is 1. The molecule has 2 saturated heterocycles. The number of aliphatic hydroxyl groups is 1. The summed E-state index contributed by atoms with van der Waals surface area (Å²) in [5.41, 5.74) is 0.0679. The summed E-state index contributed by atoms with van der Waals surface area (Å²) in [4.78, 5) is 0. The van der Waals surface area contributed by atoms with E-state index < -0.39 is 0 Å². The molecule has 3 nitrogen and oxygen atoms in total. The van der Waals surface area contributed by atoms with Crippen molar-refractivity contribution in [2.45, 2.75) is 37.4 Å². The molecule has 0 aromatic carbocycles. The van der Waals surface area contributed by atoms with Crippen LogP contribution in [0, 0.1) is 0 Å². The van der Waals surface area contributed by atoms with Crippen LogP contribution in [0.1, 0.15) is 25.7 Å². The van der Waals surface area contributed by atoms with E-state index in [1.54, 1.807) is 0 Å². The minimum atomic E-state index is -0.236. The molecule has 0 aromatic heterocycles. The van der Waals surface area contributed by atoms with Crippen LogP contribution in [0.5, 0.6) is 0 Å². The van der Waals surface area contributed by atoms with Crippen LogP contribution in [-0.2, 0) is 4.74 Å². The van der Waals surface area contributed by atoms with Gasteiger partial charge in [-0.15, -0.1) is 0 Å². The lowest BCUT2D eigenvalue weighted by atomic mass is 9.84. The highest BCUT2D eigenvalue weighted by Crippen LogP contribution is 2.35. The Bertz CT molecular complexity index is 149. The molecule has 1 N–H and O–H groups in total. The first-order valence-corrected chi connectivity index (χ1v) is 5.36. The lowest BCUT2D eigenvalue weighted by molar-refractivity contribution is -0.141. The molecule has 2 heterocycles. The van der Waals surface area contributed by atoms with Crippen LogP contribution in [0.2, 0.25) is 0 Å². The van der Waals surface area contributed by atoms with Crippen molar-refractivity contribution < 1.29 is 9.84 Å². The van der Waals surface area contributed by atoms with Gasteiger partial charge in [0, 0.05) is 13.1 Å². The maximum Gasteiger partial charge on any atom is 0.0775 e. The molecule has 1 spiro atoms.